The number of aromatic carboxylic acids is 1. The Bertz CT molecular complexity index is 728. The molecule has 2 aromatic carbocycles. The number of rotatable bonds is 6. The van der Waals surface area contributed by atoms with Crippen molar-refractivity contribution < 1.29 is 22.5 Å². The van der Waals surface area contributed by atoms with E-state index >= 15 is 0 Å². The number of hydrogen-bond donors (Lipinski definition) is 2. The van der Waals surface area contributed by atoms with Crippen molar-refractivity contribution in [2.75, 3.05) is 0 Å². The van der Waals surface area contributed by atoms with Crippen molar-refractivity contribution in [3.05, 3.63) is 65.7 Å². The van der Waals surface area contributed by atoms with E-state index in [-0.39, 0.29) is 17.9 Å². The Kier molecular flexibility index (Phi) is 4.56. The maximum absolute atomic E-state index is 11.8. The van der Waals surface area contributed by atoms with Gasteiger partial charge in [0.25, 0.3) is 0 Å². The second-order valence-corrected chi connectivity index (χ2v) is 5.51. The third-order valence-electron chi connectivity index (χ3n) is 2.61. The van der Waals surface area contributed by atoms with E-state index in [9.17, 15) is 13.2 Å². The molecule has 0 heterocycles. The summed E-state index contributed by atoms with van der Waals surface area (Å²) in [7, 11) is -4.10. The summed E-state index contributed by atoms with van der Waals surface area (Å²) in [6.07, 6.45) is 0. The van der Waals surface area contributed by atoms with Gasteiger partial charge >= 0.3 is 16.3 Å². The first-order valence-electron chi connectivity index (χ1n) is 6.03. The molecule has 7 heteroatoms. The molecule has 0 spiro atoms. The average molecular weight is 307 g/mol. The van der Waals surface area contributed by atoms with Crippen LogP contribution in [0, 0.1) is 0 Å². The van der Waals surface area contributed by atoms with Gasteiger partial charge in [0.05, 0.1) is 0 Å². The zero-order valence-corrected chi connectivity index (χ0v) is 11.7. The van der Waals surface area contributed by atoms with Gasteiger partial charge in [-0.3, -0.25) is 0 Å². The van der Waals surface area contributed by atoms with E-state index in [1.807, 2.05) is 6.07 Å². The minimum Gasteiger partial charge on any atom is -0.478 e. The molecule has 0 aliphatic heterocycles. The van der Waals surface area contributed by atoms with Gasteiger partial charge < -0.3 is 9.29 Å². The molecule has 0 bridgehead atoms. The molecule has 0 fully saturated rings. The first kappa shape index (κ1) is 15.0. The van der Waals surface area contributed by atoms with E-state index in [1.165, 1.54) is 24.3 Å². The predicted octanol–water partition coefficient (Wildman–Crippen LogP) is 1.80. The second kappa shape index (κ2) is 6.38. The van der Waals surface area contributed by atoms with Gasteiger partial charge in [0.2, 0.25) is 0 Å². The van der Waals surface area contributed by atoms with E-state index in [0.717, 1.165) is 5.56 Å². The SMILES string of the molecule is O=C(O)c1ccccc1OS(=O)(=O)NCc1ccccc1. The largest absolute Gasteiger partial charge is 0.478 e. The van der Waals surface area contributed by atoms with Crippen molar-refractivity contribution in [1.82, 2.24) is 4.72 Å². The van der Waals surface area contributed by atoms with Crippen molar-refractivity contribution in [2.24, 2.45) is 0 Å². The number of hydrogen-bond acceptors (Lipinski definition) is 4. The number of carbonyl (C=O) groups is 1. The molecule has 21 heavy (non-hydrogen) atoms. The van der Waals surface area contributed by atoms with Crippen LogP contribution < -0.4 is 8.91 Å². The quantitative estimate of drug-likeness (QED) is 0.849. The predicted molar refractivity (Wildman–Crippen MR) is 76.2 cm³/mol. The van der Waals surface area contributed by atoms with Gasteiger partial charge in [0.1, 0.15) is 5.56 Å². The maximum Gasteiger partial charge on any atom is 0.382 e. The van der Waals surface area contributed by atoms with Gasteiger partial charge in [-0.1, -0.05) is 42.5 Å². The summed E-state index contributed by atoms with van der Waals surface area (Å²) in [5, 5.41) is 8.98. The number of nitrogens with one attached hydrogen (secondary N) is 1. The van der Waals surface area contributed by atoms with Crippen LogP contribution in [0.15, 0.2) is 54.6 Å². The molecule has 0 aromatic heterocycles. The molecule has 0 radical (unpaired) electrons. The fourth-order valence-electron chi connectivity index (χ4n) is 1.63. The molecule has 0 saturated heterocycles. The first-order valence-corrected chi connectivity index (χ1v) is 7.44. The molecule has 0 atom stereocenters. The third-order valence-corrected chi connectivity index (χ3v) is 3.51. The molecule has 0 aliphatic rings. The highest BCUT2D eigenvalue weighted by Gasteiger charge is 2.17. The minimum absolute atomic E-state index is 0.0540. The fourth-order valence-corrected chi connectivity index (χ4v) is 2.42. The van der Waals surface area contributed by atoms with Gasteiger partial charge in [-0.15, -0.1) is 0 Å². The molecular weight excluding hydrogens is 294 g/mol. The molecule has 6 nitrogen and oxygen atoms in total. The number of para-hydroxylation sites is 1. The summed E-state index contributed by atoms with van der Waals surface area (Å²) >= 11 is 0. The summed E-state index contributed by atoms with van der Waals surface area (Å²) in [5.74, 6) is -1.49. The van der Waals surface area contributed by atoms with Crippen LogP contribution in [-0.2, 0) is 16.8 Å². The Morgan fingerprint density at radius 2 is 1.67 bits per heavy atom. The van der Waals surface area contributed by atoms with Gasteiger partial charge in [0.15, 0.2) is 5.75 Å². The Morgan fingerprint density at radius 3 is 2.33 bits per heavy atom. The van der Waals surface area contributed by atoms with Crippen LogP contribution in [0.25, 0.3) is 0 Å². The lowest BCUT2D eigenvalue weighted by molar-refractivity contribution is 0.0695. The molecule has 2 rings (SSSR count). The fraction of sp³-hybridized carbons (Fsp3) is 0.0714. The maximum atomic E-state index is 11.8. The highest BCUT2D eigenvalue weighted by molar-refractivity contribution is 7.85. The first-order chi connectivity index (χ1) is 9.98. The Balaban J connectivity index is 2.10. The van der Waals surface area contributed by atoms with Crippen LogP contribution in [0.3, 0.4) is 0 Å². The molecule has 2 aromatic rings. The van der Waals surface area contributed by atoms with Gasteiger partial charge in [-0.05, 0) is 17.7 Å². The molecule has 2 N–H and O–H groups in total. The lowest BCUT2D eigenvalue weighted by Crippen LogP contribution is -2.28. The number of carboxylic acids is 1. The highest BCUT2D eigenvalue weighted by atomic mass is 32.2. The minimum atomic E-state index is -4.10. The van der Waals surface area contributed by atoms with Crippen molar-refractivity contribution in [3.8, 4) is 5.75 Å². The van der Waals surface area contributed by atoms with E-state index in [0.29, 0.717) is 0 Å². The van der Waals surface area contributed by atoms with Crippen LogP contribution in [0.1, 0.15) is 15.9 Å². The Hall–Kier alpha value is -2.38. The monoisotopic (exact) mass is 307 g/mol. The normalized spacial score (nSPS) is 11.0. The number of benzene rings is 2. The van der Waals surface area contributed by atoms with Crippen molar-refractivity contribution >= 4 is 16.3 Å². The molecule has 110 valence electrons. The second-order valence-electron chi connectivity index (χ2n) is 4.15. The topological polar surface area (TPSA) is 92.7 Å². The van der Waals surface area contributed by atoms with Crippen LogP contribution in [-0.4, -0.2) is 19.5 Å². The smallest absolute Gasteiger partial charge is 0.382 e. The molecule has 0 aliphatic carbocycles. The summed E-state index contributed by atoms with van der Waals surface area (Å²) in [5.41, 5.74) is 0.541. The van der Waals surface area contributed by atoms with E-state index < -0.39 is 16.3 Å². The molecule has 0 unspecified atom stereocenters. The van der Waals surface area contributed by atoms with Gasteiger partial charge in [-0.25, -0.2) is 4.79 Å². The molecule has 0 saturated carbocycles. The summed E-state index contributed by atoms with van der Waals surface area (Å²) in [6, 6.07) is 14.4. The zero-order valence-electron chi connectivity index (χ0n) is 10.9. The lowest BCUT2D eigenvalue weighted by Gasteiger charge is -2.10. The van der Waals surface area contributed by atoms with Crippen molar-refractivity contribution in [1.29, 1.82) is 0 Å². The van der Waals surface area contributed by atoms with Crippen LogP contribution >= 0.6 is 0 Å². The third kappa shape index (κ3) is 4.30. The number of carboxylic acid groups (broad SMARTS) is 1. The van der Waals surface area contributed by atoms with Gasteiger partial charge in [-0.2, -0.15) is 13.1 Å². The zero-order chi connectivity index (χ0) is 15.3. The average Bonchev–Trinajstić information content (AvgIpc) is 2.46. The standard InChI is InChI=1S/C14H13NO5S/c16-14(17)12-8-4-5-9-13(12)20-21(18,19)15-10-11-6-2-1-3-7-11/h1-9,15H,10H2,(H,16,17). The van der Waals surface area contributed by atoms with Crippen LogP contribution in [0.4, 0.5) is 0 Å². The summed E-state index contributed by atoms with van der Waals surface area (Å²) in [4.78, 5) is 11.0. The molecule has 0 amide bonds. The van der Waals surface area contributed by atoms with Crippen molar-refractivity contribution in [3.63, 3.8) is 0 Å². The van der Waals surface area contributed by atoms with E-state index in [4.69, 9.17) is 9.29 Å². The van der Waals surface area contributed by atoms with E-state index in [1.54, 1.807) is 24.3 Å². The van der Waals surface area contributed by atoms with Gasteiger partial charge in [0, 0.05) is 6.54 Å². The summed E-state index contributed by atoms with van der Waals surface area (Å²) < 4.78 is 30.7. The van der Waals surface area contributed by atoms with Crippen molar-refractivity contribution in [2.45, 2.75) is 6.54 Å². The lowest BCUT2D eigenvalue weighted by atomic mass is 10.2. The highest BCUT2D eigenvalue weighted by Crippen LogP contribution is 2.19. The summed E-state index contributed by atoms with van der Waals surface area (Å²) in [6.45, 7) is 0.0540. The van der Waals surface area contributed by atoms with E-state index in [2.05, 4.69) is 4.72 Å². The molecular formula is C14H13NO5S. The van der Waals surface area contributed by atoms with Crippen LogP contribution in [0.5, 0.6) is 5.75 Å². The van der Waals surface area contributed by atoms with Crippen LogP contribution in [0.2, 0.25) is 0 Å². The Labute approximate surface area is 122 Å². The Morgan fingerprint density at radius 1 is 1.05 bits per heavy atom.